The standard InChI is InChI=1S/C11H17N3O8.C6H8O7/c12-8-13-6(17)2-4-9(19,1-15)5-3(16)10(2,14-8)7(18)11(20,21-4)22-5;7-3(8)1-6(13,5(11)12)2-4(9)10/h2-7,15-20H,1H2,(H3,12,13,14);13H,1-2H2,(H,7,8)(H,9,10)(H,11,12)/t2?,3?,4?,5?,6?,7?,9-,10-,11-;/m0./s1. The van der Waals surface area contributed by atoms with Gasteiger partial charge in [-0.3, -0.25) is 9.59 Å². The van der Waals surface area contributed by atoms with E-state index in [2.05, 4.69) is 10.3 Å². The minimum atomic E-state index is -2.74. The summed E-state index contributed by atoms with van der Waals surface area (Å²) in [5.74, 6) is -8.96. The SMILES string of the molecule is NC1=NC(O)C2C3O[C@]4(O)OC(C(O)[C@]2(N1)C4O)[C@]3(O)CO.O=C(O)CC(O)(CC(=O)O)C(=O)O. The van der Waals surface area contributed by atoms with Crippen LogP contribution >= 0.6 is 0 Å². The summed E-state index contributed by atoms with van der Waals surface area (Å²) in [5.41, 5.74) is -1.00. The molecule has 5 rings (SSSR count). The van der Waals surface area contributed by atoms with Gasteiger partial charge in [0, 0.05) is 0 Å². The molecule has 5 aliphatic rings. The molecular formula is C17H25N3O15. The van der Waals surface area contributed by atoms with Crippen molar-refractivity contribution in [2.45, 2.75) is 66.2 Å². The molecule has 1 saturated carbocycles. The smallest absolute Gasteiger partial charge is 0.336 e. The molecule has 4 heterocycles. The number of hydrogen-bond acceptors (Lipinski definition) is 15. The van der Waals surface area contributed by atoms with E-state index in [1.54, 1.807) is 0 Å². The Morgan fingerprint density at radius 3 is 2.00 bits per heavy atom. The van der Waals surface area contributed by atoms with Crippen LogP contribution in [0.4, 0.5) is 0 Å². The molecule has 0 amide bonds. The quantitative estimate of drug-likeness (QED) is 0.157. The van der Waals surface area contributed by atoms with Gasteiger partial charge in [-0.25, -0.2) is 9.79 Å². The topological polar surface area (TPSA) is 322 Å². The van der Waals surface area contributed by atoms with E-state index in [9.17, 15) is 45.0 Å². The van der Waals surface area contributed by atoms with Crippen LogP contribution in [0.25, 0.3) is 0 Å². The van der Waals surface area contributed by atoms with Crippen LogP contribution in [-0.4, -0.2) is 135 Å². The third-order valence-electron chi connectivity index (χ3n) is 6.50. The number of ether oxygens (including phenoxy) is 2. The van der Waals surface area contributed by atoms with Gasteiger partial charge < -0.3 is 71.6 Å². The van der Waals surface area contributed by atoms with Crippen molar-refractivity contribution in [1.82, 2.24) is 5.32 Å². The summed E-state index contributed by atoms with van der Waals surface area (Å²) >= 11 is 0. The lowest BCUT2D eigenvalue weighted by molar-refractivity contribution is -0.548. The second kappa shape index (κ2) is 8.47. The first-order valence-electron chi connectivity index (χ1n) is 9.94. The number of aliphatic hydroxyl groups is 7. The number of nitrogens with one attached hydrogen (secondary N) is 1. The highest BCUT2D eigenvalue weighted by molar-refractivity contribution is 5.88. The van der Waals surface area contributed by atoms with Gasteiger partial charge in [0.15, 0.2) is 23.9 Å². The van der Waals surface area contributed by atoms with Gasteiger partial charge in [-0.1, -0.05) is 0 Å². The summed E-state index contributed by atoms with van der Waals surface area (Å²) < 4.78 is 10.3. The van der Waals surface area contributed by atoms with Crippen LogP contribution in [0.2, 0.25) is 0 Å². The number of nitrogens with two attached hydrogens (primary N) is 1. The Kier molecular flexibility index (Phi) is 6.51. The Morgan fingerprint density at radius 1 is 1.03 bits per heavy atom. The summed E-state index contributed by atoms with van der Waals surface area (Å²) in [6.07, 6.45) is -10.1. The third-order valence-corrected chi connectivity index (χ3v) is 6.50. The van der Waals surface area contributed by atoms with Gasteiger partial charge in [0.05, 0.1) is 25.4 Å². The first kappa shape index (κ1) is 26.9. The Balaban J connectivity index is 0.000000228. The highest BCUT2D eigenvalue weighted by Crippen LogP contribution is 2.58. The fourth-order valence-corrected chi connectivity index (χ4v) is 4.95. The van der Waals surface area contributed by atoms with E-state index in [1.165, 1.54) is 0 Å². The maximum Gasteiger partial charge on any atom is 0.336 e. The number of rotatable bonds is 6. The molecule has 6 unspecified atom stereocenters. The van der Waals surface area contributed by atoms with Crippen molar-refractivity contribution < 1.29 is 74.9 Å². The highest BCUT2D eigenvalue weighted by atomic mass is 16.9. The summed E-state index contributed by atoms with van der Waals surface area (Å²) in [4.78, 5) is 34.2. The van der Waals surface area contributed by atoms with Gasteiger partial charge >= 0.3 is 23.9 Å². The normalized spacial score (nSPS) is 43.2. The summed E-state index contributed by atoms with van der Waals surface area (Å²) in [6.45, 7) is -0.857. The number of guanidine groups is 1. The van der Waals surface area contributed by atoms with Gasteiger partial charge in [-0.05, 0) is 0 Å². The van der Waals surface area contributed by atoms with Crippen molar-refractivity contribution in [2.24, 2.45) is 16.6 Å². The number of nitrogens with zero attached hydrogens (tertiary/aromatic N) is 1. The average Bonchev–Trinajstić information content (AvgIpc) is 2.71. The molecule has 18 heteroatoms. The van der Waals surface area contributed by atoms with E-state index in [4.69, 9.17) is 35.6 Å². The Bertz CT molecular complexity index is 930. The minimum absolute atomic E-state index is 0.250. The highest BCUT2D eigenvalue weighted by Gasteiger charge is 2.83. The van der Waals surface area contributed by atoms with Crippen molar-refractivity contribution in [3.8, 4) is 0 Å². The molecule has 9 atom stereocenters. The zero-order valence-corrected chi connectivity index (χ0v) is 17.6. The maximum absolute atomic E-state index is 10.6. The van der Waals surface area contributed by atoms with Crippen molar-refractivity contribution in [3.05, 3.63) is 0 Å². The van der Waals surface area contributed by atoms with Crippen molar-refractivity contribution in [1.29, 1.82) is 0 Å². The van der Waals surface area contributed by atoms with Crippen LogP contribution in [0.3, 0.4) is 0 Å². The first-order chi connectivity index (χ1) is 16.0. The molecule has 1 aliphatic carbocycles. The molecule has 0 radical (unpaired) electrons. The predicted molar refractivity (Wildman–Crippen MR) is 103 cm³/mol. The fourth-order valence-electron chi connectivity index (χ4n) is 4.95. The van der Waals surface area contributed by atoms with E-state index in [1.807, 2.05) is 0 Å². The largest absolute Gasteiger partial charge is 0.481 e. The molecule has 0 aromatic rings. The lowest BCUT2D eigenvalue weighted by atomic mass is 9.55. The van der Waals surface area contributed by atoms with Crippen molar-refractivity contribution >= 4 is 23.9 Å². The fraction of sp³-hybridized carbons (Fsp3) is 0.765. The number of carboxylic acids is 3. The van der Waals surface area contributed by atoms with Crippen LogP contribution in [0.1, 0.15) is 12.8 Å². The molecule has 0 aromatic carbocycles. The second-order valence-electron chi connectivity index (χ2n) is 8.69. The molecule has 35 heavy (non-hydrogen) atoms. The van der Waals surface area contributed by atoms with Crippen LogP contribution < -0.4 is 11.1 Å². The van der Waals surface area contributed by atoms with E-state index in [0.29, 0.717) is 0 Å². The van der Waals surface area contributed by atoms with E-state index < -0.39 is 96.6 Å². The summed E-state index contributed by atoms with van der Waals surface area (Å²) in [6, 6.07) is 0. The van der Waals surface area contributed by atoms with Gasteiger partial charge in [0.2, 0.25) is 0 Å². The number of aliphatic hydroxyl groups excluding tert-OH is 4. The molecule has 3 saturated heterocycles. The number of carboxylic acid groups (broad SMARTS) is 3. The zero-order valence-electron chi connectivity index (χ0n) is 17.6. The van der Waals surface area contributed by atoms with Crippen molar-refractivity contribution in [3.63, 3.8) is 0 Å². The van der Waals surface area contributed by atoms with Gasteiger partial charge in [0.1, 0.15) is 29.5 Å². The number of hydrogen-bond donors (Lipinski definition) is 12. The van der Waals surface area contributed by atoms with Gasteiger partial charge in [-0.2, -0.15) is 0 Å². The Labute approximate surface area is 194 Å². The second-order valence-corrected chi connectivity index (χ2v) is 8.69. The van der Waals surface area contributed by atoms with E-state index in [0.717, 1.165) is 0 Å². The lowest BCUT2D eigenvalue weighted by Crippen LogP contribution is -2.95. The monoisotopic (exact) mass is 511 g/mol. The van der Waals surface area contributed by atoms with E-state index >= 15 is 0 Å². The Morgan fingerprint density at radius 2 is 1.54 bits per heavy atom. The molecule has 0 aromatic heterocycles. The van der Waals surface area contributed by atoms with Crippen LogP contribution in [0.5, 0.6) is 0 Å². The molecule has 4 bridgehead atoms. The molecule has 198 valence electrons. The molecule has 1 spiro atoms. The Hall–Kier alpha value is -2.68. The maximum atomic E-state index is 10.6. The molecule has 18 nitrogen and oxygen atoms in total. The van der Waals surface area contributed by atoms with Gasteiger partial charge in [0.25, 0.3) is 0 Å². The summed E-state index contributed by atoms with van der Waals surface area (Å²) in [7, 11) is 0. The lowest BCUT2D eigenvalue weighted by Gasteiger charge is -2.71. The van der Waals surface area contributed by atoms with Crippen LogP contribution in [0, 0.1) is 5.92 Å². The number of aliphatic imine (C=N–C) groups is 1. The predicted octanol–water partition coefficient (Wildman–Crippen LogP) is -6.77. The average molecular weight is 511 g/mol. The van der Waals surface area contributed by atoms with Crippen molar-refractivity contribution in [2.75, 3.05) is 6.61 Å². The molecule has 4 fully saturated rings. The summed E-state index contributed by atoms with van der Waals surface area (Å²) in [5, 5.41) is 98.1. The van der Waals surface area contributed by atoms with Gasteiger partial charge in [-0.15, -0.1) is 0 Å². The molecule has 4 aliphatic heterocycles. The van der Waals surface area contributed by atoms with Crippen LogP contribution in [-0.2, 0) is 23.9 Å². The minimum Gasteiger partial charge on any atom is -0.481 e. The number of aliphatic carboxylic acids is 3. The molecule has 13 N–H and O–H groups in total. The zero-order chi connectivity index (χ0) is 26.7. The third kappa shape index (κ3) is 3.88. The van der Waals surface area contributed by atoms with E-state index in [-0.39, 0.29) is 5.96 Å². The molecular weight excluding hydrogens is 486 g/mol. The number of carbonyl (C=O) groups is 3. The van der Waals surface area contributed by atoms with Crippen LogP contribution in [0.15, 0.2) is 4.99 Å². The first-order valence-corrected chi connectivity index (χ1v) is 9.94.